The number of nitrogens with one attached hydrogen (secondary N) is 2. The molecule has 0 saturated heterocycles. The number of nitrogens with zero attached hydrogens (tertiary/aromatic N) is 2. The van der Waals surface area contributed by atoms with E-state index < -0.39 is 10.8 Å². The van der Waals surface area contributed by atoms with Crippen LogP contribution >= 0.6 is 11.6 Å². The Hall–Kier alpha value is -2.67. The first kappa shape index (κ1) is 14.7. The van der Waals surface area contributed by atoms with Crippen molar-refractivity contribution in [2.45, 2.75) is 0 Å². The fourth-order valence-electron chi connectivity index (χ4n) is 1.62. The van der Waals surface area contributed by atoms with Gasteiger partial charge < -0.3 is 10.6 Å². The van der Waals surface area contributed by atoms with E-state index >= 15 is 0 Å². The number of amides is 1. The van der Waals surface area contributed by atoms with Gasteiger partial charge in [0.05, 0.1) is 15.6 Å². The van der Waals surface area contributed by atoms with E-state index in [4.69, 9.17) is 11.6 Å². The number of rotatable bonds is 4. The summed E-state index contributed by atoms with van der Waals surface area (Å²) in [6.07, 6.45) is 1.48. The molecule has 1 aromatic carbocycles. The summed E-state index contributed by atoms with van der Waals surface area (Å²) in [5.41, 5.74) is 0.892. The fraction of sp³-hybridized carbons (Fsp3) is 0.0769. The molecule has 0 aliphatic rings. The molecule has 21 heavy (non-hydrogen) atoms. The lowest BCUT2D eigenvalue weighted by Gasteiger charge is -2.07. The molecular weight excluding hydrogens is 296 g/mol. The number of pyridine rings is 1. The largest absolute Gasteiger partial charge is 0.388 e. The molecule has 8 heteroatoms. The molecule has 7 nitrogen and oxygen atoms in total. The predicted octanol–water partition coefficient (Wildman–Crippen LogP) is 2.94. The van der Waals surface area contributed by atoms with Crippen molar-refractivity contribution < 1.29 is 9.72 Å². The summed E-state index contributed by atoms with van der Waals surface area (Å²) in [6, 6.07) is 7.07. The van der Waals surface area contributed by atoms with E-state index in [1.54, 1.807) is 19.2 Å². The van der Waals surface area contributed by atoms with Crippen LogP contribution in [0.4, 0.5) is 17.1 Å². The number of carbonyl (C=O) groups is 1. The molecule has 1 aromatic heterocycles. The first-order valence-corrected chi connectivity index (χ1v) is 6.28. The van der Waals surface area contributed by atoms with Crippen LogP contribution in [-0.4, -0.2) is 22.9 Å². The Bertz CT molecular complexity index is 706. The molecular formula is C13H11ClN4O3. The van der Waals surface area contributed by atoms with Crippen LogP contribution in [0, 0.1) is 10.1 Å². The summed E-state index contributed by atoms with van der Waals surface area (Å²) in [7, 11) is 1.72. The number of aromatic nitrogens is 1. The Kier molecular flexibility index (Phi) is 4.34. The number of non-ortho nitro benzene ring substituents is 1. The molecule has 0 aliphatic heterocycles. The topological polar surface area (TPSA) is 97.2 Å². The second-order valence-corrected chi connectivity index (χ2v) is 4.46. The molecule has 1 heterocycles. The molecule has 108 valence electrons. The lowest BCUT2D eigenvalue weighted by atomic mass is 10.2. The molecule has 2 rings (SSSR count). The van der Waals surface area contributed by atoms with Crippen LogP contribution in [0.1, 0.15) is 10.5 Å². The van der Waals surface area contributed by atoms with E-state index in [0.717, 1.165) is 5.69 Å². The third kappa shape index (κ3) is 3.46. The highest BCUT2D eigenvalue weighted by Gasteiger charge is 2.14. The molecule has 0 fully saturated rings. The van der Waals surface area contributed by atoms with E-state index in [1.807, 2.05) is 0 Å². The summed E-state index contributed by atoms with van der Waals surface area (Å²) in [6.45, 7) is 0. The number of benzene rings is 1. The normalized spacial score (nSPS) is 10.0. The first-order valence-electron chi connectivity index (χ1n) is 5.90. The van der Waals surface area contributed by atoms with Crippen LogP contribution in [0.15, 0.2) is 36.5 Å². The second kappa shape index (κ2) is 6.19. The number of hydrogen-bond donors (Lipinski definition) is 2. The van der Waals surface area contributed by atoms with E-state index in [1.165, 1.54) is 24.4 Å². The summed E-state index contributed by atoms with van der Waals surface area (Å²) in [5.74, 6) is -0.505. The van der Waals surface area contributed by atoms with Crippen molar-refractivity contribution in [3.05, 3.63) is 57.4 Å². The number of carbonyl (C=O) groups excluding carboxylic acids is 1. The molecule has 0 atom stereocenters. The van der Waals surface area contributed by atoms with Gasteiger partial charge in [-0.2, -0.15) is 0 Å². The van der Waals surface area contributed by atoms with Crippen molar-refractivity contribution in [1.82, 2.24) is 4.98 Å². The van der Waals surface area contributed by atoms with Crippen LogP contribution in [0.25, 0.3) is 0 Å². The van der Waals surface area contributed by atoms with E-state index in [2.05, 4.69) is 15.6 Å². The zero-order valence-corrected chi connectivity index (χ0v) is 11.7. The van der Waals surface area contributed by atoms with E-state index in [9.17, 15) is 14.9 Å². The summed E-state index contributed by atoms with van der Waals surface area (Å²) in [4.78, 5) is 26.2. The van der Waals surface area contributed by atoms with Gasteiger partial charge >= 0.3 is 0 Å². The Labute approximate surface area is 125 Å². The van der Waals surface area contributed by atoms with Gasteiger partial charge in [0.1, 0.15) is 5.69 Å². The zero-order chi connectivity index (χ0) is 15.4. The number of nitro benzene ring substituents is 1. The highest BCUT2D eigenvalue weighted by atomic mass is 35.5. The molecule has 1 amide bonds. The molecule has 2 aromatic rings. The molecule has 0 saturated carbocycles. The van der Waals surface area contributed by atoms with Crippen LogP contribution in [0.2, 0.25) is 5.02 Å². The highest BCUT2D eigenvalue weighted by molar-refractivity contribution is 6.34. The monoisotopic (exact) mass is 306 g/mol. The Morgan fingerprint density at radius 2 is 2.10 bits per heavy atom. The second-order valence-electron chi connectivity index (χ2n) is 4.06. The molecule has 0 bridgehead atoms. The number of anilines is 2. The van der Waals surface area contributed by atoms with Gasteiger partial charge in [-0.05, 0) is 18.2 Å². The summed E-state index contributed by atoms with van der Waals surface area (Å²) < 4.78 is 0. The first-order chi connectivity index (χ1) is 10.0. The molecule has 0 unspecified atom stereocenters. The van der Waals surface area contributed by atoms with Crippen LogP contribution < -0.4 is 10.6 Å². The summed E-state index contributed by atoms with van der Waals surface area (Å²) in [5, 5.41) is 16.3. The average Bonchev–Trinajstić information content (AvgIpc) is 2.49. The van der Waals surface area contributed by atoms with Crippen molar-refractivity contribution in [2.24, 2.45) is 0 Å². The molecule has 2 N–H and O–H groups in total. The minimum atomic E-state index is -0.564. The Balaban J connectivity index is 2.26. The maximum Gasteiger partial charge on any atom is 0.274 e. The van der Waals surface area contributed by atoms with Crippen molar-refractivity contribution in [3.63, 3.8) is 0 Å². The van der Waals surface area contributed by atoms with Gasteiger partial charge in [0, 0.05) is 31.1 Å². The van der Waals surface area contributed by atoms with E-state index in [0.29, 0.717) is 0 Å². The maximum atomic E-state index is 12.1. The van der Waals surface area contributed by atoms with Crippen molar-refractivity contribution >= 4 is 34.6 Å². The third-order valence-electron chi connectivity index (χ3n) is 2.69. The fourth-order valence-corrected chi connectivity index (χ4v) is 1.78. The lowest BCUT2D eigenvalue weighted by molar-refractivity contribution is -0.384. The Morgan fingerprint density at radius 1 is 1.33 bits per heavy atom. The predicted molar refractivity (Wildman–Crippen MR) is 79.8 cm³/mol. The smallest absolute Gasteiger partial charge is 0.274 e. The van der Waals surface area contributed by atoms with Gasteiger partial charge in [-0.3, -0.25) is 19.9 Å². The average molecular weight is 307 g/mol. The van der Waals surface area contributed by atoms with Gasteiger partial charge in [0.15, 0.2) is 0 Å². The van der Waals surface area contributed by atoms with Crippen LogP contribution in [-0.2, 0) is 0 Å². The lowest BCUT2D eigenvalue weighted by Crippen LogP contribution is -2.14. The van der Waals surface area contributed by atoms with Gasteiger partial charge in [-0.1, -0.05) is 11.6 Å². The number of nitro groups is 1. The number of halogens is 1. The van der Waals surface area contributed by atoms with Crippen LogP contribution in [0.5, 0.6) is 0 Å². The van der Waals surface area contributed by atoms with Crippen molar-refractivity contribution in [1.29, 1.82) is 0 Å². The summed E-state index contributed by atoms with van der Waals surface area (Å²) >= 11 is 5.92. The van der Waals surface area contributed by atoms with E-state index in [-0.39, 0.29) is 22.1 Å². The SMILES string of the molecule is CNc1ccnc(C(=O)Nc2cc([N+](=O)[O-])ccc2Cl)c1. The molecule has 0 radical (unpaired) electrons. The number of hydrogen-bond acceptors (Lipinski definition) is 5. The van der Waals surface area contributed by atoms with Gasteiger partial charge in [0.2, 0.25) is 0 Å². The molecule has 0 aliphatic carbocycles. The van der Waals surface area contributed by atoms with Crippen molar-refractivity contribution in [2.75, 3.05) is 17.7 Å². The third-order valence-corrected chi connectivity index (χ3v) is 3.02. The zero-order valence-electron chi connectivity index (χ0n) is 11.0. The van der Waals surface area contributed by atoms with Gasteiger partial charge in [-0.25, -0.2) is 0 Å². The molecule has 0 spiro atoms. The quantitative estimate of drug-likeness (QED) is 0.668. The maximum absolute atomic E-state index is 12.1. The minimum absolute atomic E-state index is 0.160. The van der Waals surface area contributed by atoms with Gasteiger partial charge in [-0.15, -0.1) is 0 Å². The van der Waals surface area contributed by atoms with Crippen molar-refractivity contribution in [3.8, 4) is 0 Å². The van der Waals surface area contributed by atoms with Crippen LogP contribution in [0.3, 0.4) is 0 Å². The standard InChI is InChI=1S/C13H11ClN4O3/c1-15-8-4-5-16-12(6-8)13(19)17-11-7-9(18(20)21)2-3-10(11)14/h2-7H,1H3,(H,15,16)(H,17,19). The minimum Gasteiger partial charge on any atom is -0.388 e. The highest BCUT2D eigenvalue weighted by Crippen LogP contribution is 2.27. The van der Waals surface area contributed by atoms with Gasteiger partial charge in [0.25, 0.3) is 11.6 Å². The Morgan fingerprint density at radius 3 is 2.76 bits per heavy atom.